The molecule has 4 rings (SSSR count). The second-order valence-corrected chi connectivity index (χ2v) is 12.2. The van der Waals surface area contributed by atoms with E-state index in [2.05, 4.69) is 17.0 Å². The molecule has 206 valence electrons. The van der Waals surface area contributed by atoms with Gasteiger partial charge in [0.1, 0.15) is 5.82 Å². The molecule has 3 heterocycles. The third kappa shape index (κ3) is 6.33. The average Bonchev–Trinajstić information content (AvgIpc) is 3.30. The number of aromatic nitrogens is 3. The molecule has 2 aromatic rings. The number of ether oxygens (including phenoxy) is 1. The Morgan fingerprint density at radius 3 is 2.46 bits per heavy atom. The summed E-state index contributed by atoms with van der Waals surface area (Å²) in [4.78, 5) is 19.4. The number of halogens is 3. The van der Waals surface area contributed by atoms with Crippen molar-refractivity contribution in [2.75, 3.05) is 24.3 Å². The van der Waals surface area contributed by atoms with Crippen LogP contribution in [0, 0.1) is 11.3 Å². The van der Waals surface area contributed by atoms with E-state index in [0.29, 0.717) is 24.1 Å². The van der Waals surface area contributed by atoms with Gasteiger partial charge in [0.25, 0.3) is 5.91 Å². The number of sulfonamides is 1. The highest BCUT2D eigenvalue weighted by molar-refractivity contribution is 7.89. The van der Waals surface area contributed by atoms with Crippen LogP contribution in [-0.4, -0.2) is 60.2 Å². The second-order valence-electron chi connectivity index (χ2n) is 10.5. The fraction of sp³-hybridized carbons (Fsp3) is 0.609. The van der Waals surface area contributed by atoms with Crippen molar-refractivity contribution in [2.45, 2.75) is 58.2 Å². The molecule has 1 saturated carbocycles. The molecular formula is C23H32F3N5O4S2. The molecule has 1 atom stereocenters. The maximum atomic E-state index is 13.1. The number of carbonyl (C=O) groups is 1. The first kappa shape index (κ1) is 29.1. The van der Waals surface area contributed by atoms with Crippen molar-refractivity contribution < 1.29 is 31.1 Å². The first-order valence-corrected chi connectivity index (χ1v) is 13.6. The van der Waals surface area contributed by atoms with Gasteiger partial charge in [-0.15, -0.1) is 5.10 Å². The van der Waals surface area contributed by atoms with Gasteiger partial charge in [0.2, 0.25) is 15.9 Å². The number of pyridine rings is 1. The molecule has 1 aliphatic carbocycles. The predicted octanol–water partition coefficient (Wildman–Crippen LogP) is 3.81. The van der Waals surface area contributed by atoms with Crippen LogP contribution in [0.3, 0.4) is 0 Å². The van der Waals surface area contributed by atoms with E-state index in [0.717, 1.165) is 12.7 Å². The van der Waals surface area contributed by atoms with E-state index in [4.69, 9.17) is 4.74 Å². The molecule has 1 N–H and O–H groups in total. The van der Waals surface area contributed by atoms with Crippen LogP contribution in [0.25, 0.3) is 5.82 Å². The number of anilines is 1. The van der Waals surface area contributed by atoms with Gasteiger partial charge < -0.3 is 9.64 Å². The van der Waals surface area contributed by atoms with Crippen molar-refractivity contribution in [1.82, 2.24) is 19.5 Å². The highest BCUT2D eigenvalue weighted by Gasteiger charge is 2.62. The normalized spacial score (nSPS) is 20.3. The van der Waals surface area contributed by atoms with Crippen LogP contribution in [0.2, 0.25) is 0 Å². The lowest BCUT2D eigenvalue weighted by atomic mass is 9.97. The van der Waals surface area contributed by atoms with Gasteiger partial charge in [0.15, 0.2) is 5.82 Å². The first-order chi connectivity index (χ1) is 16.6. The van der Waals surface area contributed by atoms with Crippen LogP contribution in [0.1, 0.15) is 56.8 Å². The van der Waals surface area contributed by atoms with Crippen molar-refractivity contribution in [2.24, 2.45) is 11.3 Å². The Morgan fingerprint density at radius 2 is 1.92 bits per heavy atom. The summed E-state index contributed by atoms with van der Waals surface area (Å²) in [5, 5.41) is 4.27. The molecule has 37 heavy (non-hydrogen) atoms. The number of nitrogens with zero attached hydrogens (tertiary/aromatic N) is 4. The summed E-state index contributed by atoms with van der Waals surface area (Å²) < 4.78 is 71.6. The Balaban J connectivity index is 0.00000380. The van der Waals surface area contributed by atoms with Crippen molar-refractivity contribution in [3.63, 3.8) is 0 Å². The van der Waals surface area contributed by atoms with E-state index in [1.807, 2.05) is 23.5 Å². The number of rotatable bonds is 8. The van der Waals surface area contributed by atoms with Gasteiger partial charge in [-0.1, -0.05) is 6.92 Å². The van der Waals surface area contributed by atoms with E-state index >= 15 is 0 Å². The lowest BCUT2D eigenvalue weighted by molar-refractivity contribution is -0.190. The standard InChI is InChI=1S/C23H30F3N5O4S.H2S/c1-15-13-21(2,3)30(14-15)19-16(20(32)29-36(4,33)34)5-6-17(27-19)31-11-7-18(28-31)35-12-10-22(8-9-22)23(24,25)26;/h5-7,11,15H,8-10,12-14H2,1-4H3,(H,29,32);1H2/t15-;/m0./s1. The quantitative estimate of drug-likeness (QED) is 0.521. The van der Waals surface area contributed by atoms with E-state index < -0.39 is 27.5 Å². The van der Waals surface area contributed by atoms with Gasteiger partial charge in [-0.05, 0) is 57.6 Å². The number of nitrogens with one attached hydrogen (secondary N) is 1. The predicted molar refractivity (Wildman–Crippen MR) is 137 cm³/mol. The first-order valence-electron chi connectivity index (χ1n) is 11.7. The van der Waals surface area contributed by atoms with Gasteiger partial charge in [0, 0.05) is 24.3 Å². The monoisotopic (exact) mass is 563 g/mol. The van der Waals surface area contributed by atoms with Gasteiger partial charge in [-0.3, -0.25) is 4.79 Å². The molecule has 2 aliphatic rings. The van der Waals surface area contributed by atoms with E-state index in [1.54, 1.807) is 6.20 Å². The molecule has 0 bridgehead atoms. The van der Waals surface area contributed by atoms with Crippen molar-refractivity contribution in [1.29, 1.82) is 0 Å². The largest absolute Gasteiger partial charge is 0.477 e. The number of hydrogen-bond acceptors (Lipinski definition) is 7. The number of hydrogen-bond donors (Lipinski definition) is 1. The molecular weight excluding hydrogens is 531 g/mol. The van der Waals surface area contributed by atoms with Gasteiger partial charge in [0.05, 0.1) is 23.8 Å². The molecule has 14 heteroatoms. The summed E-state index contributed by atoms with van der Waals surface area (Å²) in [5.74, 6) is 0.365. The summed E-state index contributed by atoms with van der Waals surface area (Å²) in [5.41, 5.74) is -1.87. The van der Waals surface area contributed by atoms with Crippen LogP contribution in [0.4, 0.5) is 19.0 Å². The Bertz CT molecular complexity index is 1260. The molecule has 0 unspecified atom stereocenters. The smallest absolute Gasteiger partial charge is 0.394 e. The van der Waals surface area contributed by atoms with Crippen LogP contribution < -0.4 is 14.4 Å². The molecule has 9 nitrogen and oxygen atoms in total. The van der Waals surface area contributed by atoms with Crippen LogP contribution >= 0.6 is 13.5 Å². The molecule has 0 aromatic carbocycles. The number of carbonyl (C=O) groups excluding carboxylic acids is 1. The zero-order valence-corrected chi connectivity index (χ0v) is 22.9. The Kier molecular flexibility index (Phi) is 7.86. The Hall–Kier alpha value is -2.48. The topological polar surface area (TPSA) is 106 Å². The number of amides is 1. The minimum atomic E-state index is -4.23. The third-order valence-electron chi connectivity index (χ3n) is 6.80. The summed E-state index contributed by atoms with van der Waals surface area (Å²) in [7, 11) is -3.78. The van der Waals surface area contributed by atoms with Crippen molar-refractivity contribution in [3.05, 3.63) is 30.0 Å². The van der Waals surface area contributed by atoms with E-state index in [1.165, 1.54) is 22.9 Å². The fourth-order valence-corrected chi connectivity index (χ4v) is 5.27. The second kappa shape index (κ2) is 10.0. The van der Waals surface area contributed by atoms with E-state index in [9.17, 15) is 26.4 Å². The van der Waals surface area contributed by atoms with Crippen molar-refractivity contribution in [3.8, 4) is 11.7 Å². The molecule has 0 spiro atoms. The lowest BCUT2D eigenvalue weighted by Gasteiger charge is -2.33. The summed E-state index contributed by atoms with van der Waals surface area (Å²) in [6.07, 6.45) is -0.811. The van der Waals surface area contributed by atoms with Crippen molar-refractivity contribution >= 4 is 35.2 Å². The molecule has 2 aromatic heterocycles. The Morgan fingerprint density at radius 1 is 1.24 bits per heavy atom. The van der Waals surface area contributed by atoms with Crippen LogP contribution in [-0.2, 0) is 10.0 Å². The third-order valence-corrected chi connectivity index (χ3v) is 7.35. The Labute approximate surface area is 221 Å². The SMILES string of the molecule is C[C@@H]1CN(c2nc(-n3ccc(OCCC4(C(F)(F)F)CC4)n3)ccc2C(=O)NS(C)(=O)=O)C(C)(C)C1.S. The maximum absolute atomic E-state index is 13.1. The molecule has 1 amide bonds. The highest BCUT2D eigenvalue weighted by atomic mass is 32.2. The zero-order valence-electron chi connectivity index (χ0n) is 21.1. The van der Waals surface area contributed by atoms with Gasteiger partial charge in [-0.2, -0.15) is 26.7 Å². The van der Waals surface area contributed by atoms with Crippen LogP contribution in [0.5, 0.6) is 5.88 Å². The molecule has 2 fully saturated rings. The maximum Gasteiger partial charge on any atom is 0.394 e. The number of alkyl halides is 3. The lowest BCUT2D eigenvalue weighted by Crippen LogP contribution is -2.41. The average molecular weight is 564 g/mol. The molecule has 1 saturated heterocycles. The fourth-order valence-electron chi connectivity index (χ4n) is 4.82. The zero-order chi connectivity index (χ0) is 26.5. The van der Waals surface area contributed by atoms with E-state index in [-0.39, 0.29) is 56.3 Å². The minimum absolute atomic E-state index is 0. The summed E-state index contributed by atoms with van der Waals surface area (Å²) in [6, 6.07) is 4.53. The minimum Gasteiger partial charge on any atom is -0.477 e. The van der Waals surface area contributed by atoms with Gasteiger partial charge in [-0.25, -0.2) is 22.8 Å². The van der Waals surface area contributed by atoms with Crippen LogP contribution in [0.15, 0.2) is 24.4 Å². The summed E-state index contributed by atoms with van der Waals surface area (Å²) >= 11 is 0. The summed E-state index contributed by atoms with van der Waals surface area (Å²) in [6.45, 7) is 6.65. The highest BCUT2D eigenvalue weighted by Crippen LogP contribution is 2.59. The molecule has 0 radical (unpaired) electrons. The molecule has 1 aliphatic heterocycles. The van der Waals surface area contributed by atoms with Gasteiger partial charge >= 0.3 is 6.18 Å².